The van der Waals surface area contributed by atoms with Crippen molar-refractivity contribution < 1.29 is 0 Å². The Morgan fingerprint density at radius 1 is 0.382 bits per heavy atom. The summed E-state index contributed by atoms with van der Waals surface area (Å²) in [5.74, 6) is 0. The quantitative estimate of drug-likeness (QED) is 0.247. The Hall–Kier alpha value is -4.56. The zero-order chi connectivity index (χ0) is 22.0. The predicted molar refractivity (Wildman–Crippen MR) is 144 cm³/mol. The van der Waals surface area contributed by atoms with Crippen molar-refractivity contribution >= 4 is 65.3 Å². The van der Waals surface area contributed by atoms with Gasteiger partial charge in [0, 0.05) is 37.7 Å². The highest BCUT2D eigenvalue weighted by Crippen LogP contribution is 2.45. The Labute approximate surface area is 194 Å². The van der Waals surface area contributed by atoms with Gasteiger partial charge in [0.15, 0.2) is 0 Å². The van der Waals surface area contributed by atoms with Crippen LogP contribution in [-0.4, -0.2) is 8.80 Å². The molecule has 4 heterocycles. The molecule has 4 aromatic heterocycles. The minimum atomic E-state index is 1.24. The fraction of sp³-hybridized carbons (Fsp3) is 0. The van der Waals surface area contributed by atoms with Crippen LogP contribution in [0, 0.1) is 0 Å². The van der Waals surface area contributed by atoms with Crippen molar-refractivity contribution in [1.82, 2.24) is 8.80 Å². The van der Waals surface area contributed by atoms with Crippen molar-refractivity contribution in [3.63, 3.8) is 0 Å². The molecule has 0 aliphatic rings. The Morgan fingerprint density at radius 2 is 0.971 bits per heavy atom. The lowest BCUT2D eigenvalue weighted by atomic mass is 10.1. The van der Waals surface area contributed by atoms with Gasteiger partial charge in [0.05, 0.1) is 33.3 Å². The van der Waals surface area contributed by atoms with E-state index in [4.69, 9.17) is 0 Å². The molecule has 0 saturated heterocycles. The second-order valence-electron chi connectivity index (χ2n) is 9.39. The van der Waals surface area contributed by atoms with Crippen LogP contribution < -0.4 is 0 Å². The summed E-state index contributed by atoms with van der Waals surface area (Å²) in [5, 5.41) is 9.22. The monoisotopic (exact) mass is 430 g/mol. The van der Waals surface area contributed by atoms with Crippen molar-refractivity contribution in [2.75, 3.05) is 0 Å². The number of aromatic nitrogens is 2. The first-order valence-electron chi connectivity index (χ1n) is 11.8. The number of rotatable bonds is 1. The van der Waals surface area contributed by atoms with E-state index in [1.807, 2.05) is 0 Å². The van der Waals surface area contributed by atoms with E-state index in [0.717, 1.165) is 0 Å². The minimum absolute atomic E-state index is 1.24. The van der Waals surface area contributed by atoms with Crippen LogP contribution in [0.25, 0.3) is 76.5 Å². The van der Waals surface area contributed by atoms with E-state index < -0.39 is 0 Å². The van der Waals surface area contributed by atoms with Crippen LogP contribution in [0.4, 0.5) is 0 Å². The molecule has 156 valence electrons. The summed E-state index contributed by atoms with van der Waals surface area (Å²) in [6.45, 7) is 0. The molecule has 0 saturated carbocycles. The maximum Gasteiger partial charge on any atom is 0.0789 e. The molecule has 9 rings (SSSR count). The fourth-order valence-electron chi connectivity index (χ4n) is 6.47. The third kappa shape index (κ3) is 1.79. The topological polar surface area (TPSA) is 8.82 Å². The third-order valence-corrected chi connectivity index (χ3v) is 7.77. The van der Waals surface area contributed by atoms with Crippen molar-refractivity contribution in [1.29, 1.82) is 0 Å². The summed E-state index contributed by atoms with van der Waals surface area (Å²) in [6, 6.07) is 40.1. The molecular formula is C32H18N2. The predicted octanol–water partition coefficient (Wildman–Crippen LogP) is 8.50. The number of nitrogens with zero attached hydrogens (tertiary/aromatic N) is 2. The molecule has 0 unspecified atom stereocenters. The van der Waals surface area contributed by atoms with Crippen molar-refractivity contribution in [3.8, 4) is 11.3 Å². The summed E-state index contributed by atoms with van der Waals surface area (Å²) in [4.78, 5) is 0. The molecule has 0 radical (unpaired) electrons. The van der Waals surface area contributed by atoms with Gasteiger partial charge in [-0.05, 0) is 17.7 Å². The van der Waals surface area contributed by atoms with Crippen LogP contribution in [0.2, 0.25) is 0 Å². The molecule has 9 aromatic rings. The van der Waals surface area contributed by atoms with Gasteiger partial charge in [-0.3, -0.25) is 0 Å². The van der Waals surface area contributed by atoms with Crippen LogP contribution >= 0.6 is 0 Å². The van der Waals surface area contributed by atoms with Gasteiger partial charge in [0.25, 0.3) is 0 Å². The first-order chi connectivity index (χ1) is 16.9. The SMILES string of the molecule is c1ccc(-c2cc3cccc4c5ccc6c7cccc8c9ccccc9n(c87)c6c5n2c34)cc1. The molecule has 0 atom stereocenters. The largest absolute Gasteiger partial charge is 0.306 e. The van der Waals surface area contributed by atoms with Gasteiger partial charge in [0.2, 0.25) is 0 Å². The second-order valence-corrected chi connectivity index (χ2v) is 9.39. The van der Waals surface area contributed by atoms with E-state index in [-0.39, 0.29) is 0 Å². The van der Waals surface area contributed by atoms with Crippen molar-refractivity contribution in [2.24, 2.45) is 0 Å². The van der Waals surface area contributed by atoms with Gasteiger partial charge >= 0.3 is 0 Å². The van der Waals surface area contributed by atoms with Crippen LogP contribution in [0.5, 0.6) is 0 Å². The Morgan fingerprint density at radius 3 is 1.79 bits per heavy atom. The lowest BCUT2D eigenvalue weighted by Gasteiger charge is -2.05. The fourth-order valence-corrected chi connectivity index (χ4v) is 6.47. The molecule has 0 fully saturated rings. The highest BCUT2D eigenvalue weighted by Gasteiger charge is 2.23. The number of benzene rings is 5. The minimum Gasteiger partial charge on any atom is -0.306 e. The van der Waals surface area contributed by atoms with Gasteiger partial charge in [-0.15, -0.1) is 0 Å². The lowest BCUT2D eigenvalue weighted by Crippen LogP contribution is -1.89. The van der Waals surface area contributed by atoms with Crippen molar-refractivity contribution in [3.05, 3.63) is 109 Å². The van der Waals surface area contributed by atoms with E-state index >= 15 is 0 Å². The smallest absolute Gasteiger partial charge is 0.0789 e. The van der Waals surface area contributed by atoms with Gasteiger partial charge in [-0.25, -0.2) is 0 Å². The molecular weight excluding hydrogens is 412 g/mol. The number of para-hydroxylation sites is 3. The van der Waals surface area contributed by atoms with E-state index in [1.54, 1.807) is 0 Å². The highest BCUT2D eigenvalue weighted by molar-refractivity contribution is 6.30. The first-order valence-corrected chi connectivity index (χ1v) is 11.8. The summed E-state index contributed by atoms with van der Waals surface area (Å²) >= 11 is 0. The summed E-state index contributed by atoms with van der Waals surface area (Å²) in [7, 11) is 0. The van der Waals surface area contributed by atoms with E-state index in [0.29, 0.717) is 0 Å². The third-order valence-electron chi connectivity index (χ3n) is 7.77. The molecule has 5 aromatic carbocycles. The summed E-state index contributed by atoms with van der Waals surface area (Å²) < 4.78 is 5.03. The zero-order valence-electron chi connectivity index (χ0n) is 18.3. The van der Waals surface area contributed by atoms with Gasteiger partial charge < -0.3 is 8.80 Å². The molecule has 0 aliphatic heterocycles. The van der Waals surface area contributed by atoms with E-state index in [2.05, 4.69) is 118 Å². The molecule has 0 bridgehead atoms. The number of hydrogen-bond acceptors (Lipinski definition) is 0. The van der Waals surface area contributed by atoms with Crippen LogP contribution in [0.15, 0.2) is 109 Å². The van der Waals surface area contributed by atoms with Crippen molar-refractivity contribution in [2.45, 2.75) is 0 Å². The first kappa shape index (κ1) is 17.0. The van der Waals surface area contributed by atoms with E-state index in [9.17, 15) is 0 Å². The lowest BCUT2D eigenvalue weighted by molar-refractivity contribution is 1.29. The number of hydrogen-bond donors (Lipinski definition) is 0. The average Bonchev–Trinajstić information content (AvgIpc) is 3.63. The van der Waals surface area contributed by atoms with Crippen LogP contribution in [0.3, 0.4) is 0 Å². The van der Waals surface area contributed by atoms with Gasteiger partial charge in [-0.1, -0.05) is 97.1 Å². The molecule has 0 amide bonds. The Bertz CT molecular complexity index is 2210. The molecule has 2 nitrogen and oxygen atoms in total. The average molecular weight is 431 g/mol. The van der Waals surface area contributed by atoms with Gasteiger partial charge in [-0.2, -0.15) is 0 Å². The van der Waals surface area contributed by atoms with Crippen LogP contribution in [-0.2, 0) is 0 Å². The standard InChI is InChI=1S/C32H18N2/c1-2-8-19(9-3-1)28-18-20-10-6-12-23-25-16-17-26-24-14-7-13-22-21-11-4-5-15-27(21)33(30(22)24)31(26)32(25)34(28)29(20)23/h1-18H. The van der Waals surface area contributed by atoms with E-state index in [1.165, 1.54) is 76.5 Å². The maximum atomic E-state index is 2.51. The Balaban J connectivity index is 1.66. The second kappa shape index (κ2) is 5.67. The number of fused-ring (bicyclic) bond motifs is 10. The summed E-state index contributed by atoms with van der Waals surface area (Å²) in [5.41, 5.74) is 9.01. The molecule has 0 spiro atoms. The molecule has 2 heteroatoms. The molecule has 0 aliphatic carbocycles. The maximum absolute atomic E-state index is 2.51. The van der Waals surface area contributed by atoms with Gasteiger partial charge in [0.1, 0.15) is 0 Å². The molecule has 0 N–H and O–H groups in total. The molecule has 34 heavy (non-hydrogen) atoms. The van der Waals surface area contributed by atoms with Crippen LogP contribution in [0.1, 0.15) is 0 Å². The highest BCUT2D eigenvalue weighted by atomic mass is 15.0. The normalized spacial score (nSPS) is 12.7. The Kier molecular flexibility index (Phi) is 2.83. The summed E-state index contributed by atoms with van der Waals surface area (Å²) in [6.07, 6.45) is 0. The zero-order valence-corrected chi connectivity index (χ0v) is 18.3.